The Balaban J connectivity index is 2.90. The molecular formula is C19H30N2O3. The van der Waals surface area contributed by atoms with Crippen LogP contribution in [0.25, 0.3) is 0 Å². The van der Waals surface area contributed by atoms with Crippen LogP contribution in [0.2, 0.25) is 0 Å². The summed E-state index contributed by atoms with van der Waals surface area (Å²) in [6, 6.07) is 10.0. The van der Waals surface area contributed by atoms with Gasteiger partial charge in [0, 0.05) is 12.1 Å². The van der Waals surface area contributed by atoms with Crippen LogP contribution in [0.4, 0.5) is 0 Å². The van der Waals surface area contributed by atoms with Gasteiger partial charge in [-0.3, -0.25) is 14.5 Å². The Morgan fingerprint density at radius 3 is 2.25 bits per heavy atom. The Hall–Kier alpha value is -1.88. The first-order valence-electron chi connectivity index (χ1n) is 8.54. The van der Waals surface area contributed by atoms with E-state index in [2.05, 4.69) is 26.1 Å². The standard InChI is InChI=1S/C19H30N2O3/c1-6-17(16-10-8-7-9-11-16)21(13-19(23)24-5)12-18(22)20-15(4)14(2)3/h7-11,14-15,17H,6,12-13H2,1-5H3,(H,20,22)/t15-,17+/m1/s1. The van der Waals surface area contributed by atoms with Crippen molar-refractivity contribution < 1.29 is 14.3 Å². The molecule has 0 radical (unpaired) electrons. The number of benzene rings is 1. The number of ether oxygens (including phenoxy) is 1. The molecule has 0 heterocycles. The number of carbonyl (C=O) groups is 2. The number of carbonyl (C=O) groups excluding carboxylic acids is 2. The van der Waals surface area contributed by atoms with E-state index in [0.29, 0.717) is 5.92 Å². The summed E-state index contributed by atoms with van der Waals surface area (Å²) in [6.45, 7) is 8.43. The predicted molar refractivity (Wildman–Crippen MR) is 95.5 cm³/mol. The van der Waals surface area contributed by atoms with Gasteiger partial charge in [-0.25, -0.2) is 0 Å². The molecule has 0 aliphatic heterocycles. The summed E-state index contributed by atoms with van der Waals surface area (Å²) < 4.78 is 4.80. The van der Waals surface area contributed by atoms with Crippen molar-refractivity contribution in [3.8, 4) is 0 Å². The Kier molecular flexibility index (Phi) is 8.47. The van der Waals surface area contributed by atoms with E-state index in [4.69, 9.17) is 4.74 Å². The van der Waals surface area contributed by atoms with Crippen LogP contribution >= 0.6 is 0 Å². The van der Waals surface area contributed by atoms with Gasteiger partial charge >= 0.3 is 5.97 Å². The van der Waals surface area contributed by atoms with Gasteiger partial charge in [0.05, 0.1) is 20.2 Å². The lowest BCUT2D eigenvalue weighted by Gasteiger charge is -2.30. The summed E-state index contributed by atoms with van der Waals surface area (Å²) in [5.74, 6) is -0.0531. The van der Waals surface area contributed by atoms with Gasteiger partial charge in [0.15, 0.2) is 0 Å². The van der Waals surface area contributed by atoms with Crippen LogP contribution in [0, 0.1) is 5.92 Å². The van der Waals surface area contributed by atoms with Crippen molar-refractivity contribution >= 4 is 11.9 Å². The summed E-state index contributed by atoms with van der Waals surface area (Å²) in [7, 11) is 1.37. The molecule has 0 bridgehead atoms. The number of hydrogen-bond acceptors (Lipinski definition) is 4. The summed E-state index contributed by atoms with van der Waals surface area (Å²) in [4.78, 5) is 26.1. The van der Waals surface area contributed by atoms with Gasteiger partial charge in [-0.05, 0) is 24.8 Å². The molecule has 0 saturated carbocycles. The molecule has 1 N–H and O–H groups in total. The third kappa shape index (κ3) is 6.32. The zero-order chi connectivity index (χ0) is 18.1. The van der Waals surface area contributed by atoms with Gasteiger partial charge in [-0.2, -0.15) is 0 Å². The highest BCUT2D eigenvalue weighted by Gasteiger charge is 2.24. The van der Waals surface area contributed by atoms with E-state index in [0.717, 1.165) is 12.0 Å². The van der Waals surface area contributed by atoms with Crippen LogP contribution in [-0.4, -0.2) is 43.0 Å². The minimum absolute atomic E-state index is 0.00888. The minimum atomic E-state index is -0.339. The third-order valence-electron chi connectivity index (χ3n) is 4.31. The molecule has 0 unspecified atom stereocenters. The molecule has 0 spiro atoms. The van der Waals surface area contributed by atoms with Crippen molar-refractivity contribution in [2.75, 3.05) is 20.2 Å². The van der Waals surface area contributed by atoms with E-state index in [1.807, 2.05) is 42.2 Å². The summed E-state index contributed by atoms with van der Waals surface area (Å²) in [5, 5.41) is 3.00. The molecule has 0 aromatic heterocycles. The Morgan fingerprint density at radius 1 is 1.12 bits per heavy atom. The highest BCUT2D eigenvalue weighted by Crippen LogP contribution is 2.23. The van der Waals surface area contributed by atoms with Crippen molar-refractivity contribution in [2.24, 2.45) is 5.92 Å². The number of rotatable bonds is 9. The van der Waals surface area contributed by atoms with Crippen LogP contribution in [0.3, 0.4) is 0 Å². The minimum Gasteiger partial charge on any atom is -0.468 e. The van der Waals surface area contributed by atoms with Crippen LogP contribution in [0.15, 0.2) is 30.3 Å². The number of esters is 1. The summed E-state index contributed by atoms with van der Waals surface area (Å²) in [6.07, 6.45) is 0.800. The average molecular weight is 334 g/mol. The molecule has 0 aliphatic rings. The van der Waals surface area contributed by atoms with Crippen molar-refractivity contribution in [1.82, 2.24) is 10.2 Å². The van der Waals surface area contributed by atoms with Crippen molar-refractivity contribution in [3.05, 3.63) is 35.9 Å². The van der Waals surface area contributed by atoms with E-state index in [1.54, 1.807) is 0 Å². The maximum atomic E-state index is 12.4. The van der Waals surface area contributed by atoms with Crippen LogP contribution in [0.1, 0.15) is 45.7 Å². The molecule has 134 valence electrons. The first-order chi connectivity index (χ1) is 11.4. The van der Waals surface area contributed by atoms with E-state index < -0.39 is 0 Å². The lowest BCUT2D eigenvalue weighted by molar-refractivity contribution is -0.143. The van der Waals surface area contributed by atoms with Crippen molar-refractivity contribution in [1.29, 1.82) is 0 Å². The van der Waals surface area contributed by atoms with Crippen LogP contribution in [-0.2, 0) is 14.3 Å². The Bertz CT molecular complexity index is 517. The van der Waals surface area contributed by atoms with Gasteiger partial charge in [0.1, 0.15) is 0 Å². The van der Waals surface area contributed by atoms with Gasteiger partial charge in [-0.15, -0.1) is 0 Å². The molecule has 5 heteroatoms. The molecule has 1 rings (SSSR count). The molecular weight excluding hydrogens is 304 g/mol. The third-order valence-corrected chi connectivity index (χ3v) is 4.31. The first kappa shape index (κ1) is 20.2. The second-order valence-corrected chi connectivity index (χ2v) is 6.42. The number of hydrogen-bond donors (Lipinski definition) is 1. The molecule has 5 nitrogen and oxygen atoms in total. The highest BCUT2D eigenvalue weighted by molar-refractivity contribution is 5.79. The zero-order valence-corrected chi connectivity index (χ0v) is 15.4. The molecule has 2 atom stereocenters. The highest BCUT2D eigenvalue weighted by atomic mass is 16.5. The fourth-order valence-corrected chi connectivity index (χ4v) is 2.54. The average Bonchev–Trinajstić information content (AvgIpc) is 2.56. The number of nitrogens with zero attached hydrogens (tertiary/aromatic N) is 1. The Morgan fingerprint density at radius 2 is 1.75 bits per heavy atom. The number of methoxy groups -OCH3 is 1. The Labute approximate surface area is 145 Å². The molecule has 24 heavy (non-hydrogen) atoms. The molecule has 0 fully saturated rings. The van der Waals surface area contributed by atoms with Crippen LogP contribution in [0.5, 0.6) is 0 Å². The maximum absolute atomic E-state index is 12.4. The molecule has 1 aromatic rings. The van der Waals surface area contributed by atoms with E-state index in [9.17, 15) is 9.59 Å². The molecule has 0 aliphatic carbocycles. The fraction of sp³-hybridized carbons (Fsp3) is 0.579. The smallest absolute Gasteiger partial charge is 0.319 e. The molecule has 1 amide bonds. The van der Waals surface area contributed by atoms with Crippen LogP contribution < -0.4 is 5.32 Å². The van der Waals surface area contributed by atoms with Gasteiger partial charge in [0.25, 0.3) is 0 Å². The van der Waals surface area contributed by atoms with Crippen molar-refractivity contribution in [2.45, 2.75) is 46.2 Å². The topological polar surface area (TPSA) is 58.6 Å². The normalized spacial score (nSPS) is 13.6. The quantitative estimate of drug-likeness (QED) is 0.706. The monoisotopic (exact) mass is 334 g/mol. The van der Waals surface area contributed by atoms with E-state index >= 15 is 0 Å². The first-order valence-corrected chi connectivity index (χ1v) is 8.54. The lowest BCUT2D eigenvalue weighted by Crippen LogP contribution is -2.45. The van der Waals surface area contributed by atoms with E-state index in [1.165, 1.54) is 7.11 Å². The second kappa shape index (κ2) is 10.1. The summed E-state index contributed by atoms with van der Waals surface area (Å²) in [5.41, 5.74) is 1.09. The fourth-order valence-electron chi connectivity index (χ4n) is 2.54. The van der Waals surface area contributed by atoms with Crippen molar-refractivity contribution in [3.63, 3.8) is 0 Å². The van der Waals surface area contributed by atoms with Gasteiger partial charge < -0.3 is 10.1 Å². The van der Waals surface area contributed by atoms with Gasteiger partial charge in [0.2, 0.25) is 5.91 Å². The van der Waals surface area contributed by atoms with Gasteiger partial charge in [-0.1, -0.05) is 51.1 Å². The summed E-state index contributed by atoms with van der Waals surface area (Å²) >= 11 is 0. The second-order valence-electron chi connectivity index (χ2n) is 6.42. The number of amides is 1. The lowest BCUT2D eigenvalue weighted by atomic mass is 10.0. The number of nitrogens with one attached hydrogen (secondary N) is 1. The predicted octanol–water partition coefficient (Wildman–Crippen LogP) is 2.77. The van der Waals surface area contributed by atoms with E-state index in [-0.39, 0.29) is 37.0 Å². The molecule has 0 saturated heterocycles. The SMILES string of the molecule is CC[C@@H](c1ccccc1)N(CC(=O)N[C@H](C)C(C)C)CC(=O)OC. The largest absolute Gasteiger partial charge is 0.468 e. The zero-order valence-electron chi connectivity index (χ0n) is 15.4. The maximum Gasteiger partial charge on any atom is 0.319 e. The molecule has 1 aromatic carbocycles.